The van der Waals surface area contributed by atoms with Crippen molar-refractivity contribution in [1.82, 2.24) is 0 Å². The highest BCUT2D eigenvalue weighted by atomic mass is 31.1. The Balaban J connectivity index is 3.65. The molecule has 0 aliphatic carbocycles. The maximum Gasteiger partial charge on any atom is 0.155 e. The largest absolute Gasteiger partial charge is 0.275 e. The maximum absolute atomic E-state index is 10.2. The van der Waals surface area contributed by atoms with E-state index in [-0.39, 0.29) is 0 Å². The minimum absolute atomic E-state index is 0.317. The van der Waals surface area contributed by atoms with E-state index in [1.165, 1.54) is 38.5 Å². The third-order valence-electron chi connectivity index (χ3n) is 3.71. The van der Waals surface area contributed by atoms with E-state index in [1.54, 1.807) is 0 Å². The van der Waals surface area contributed by atoms with Gasteiger partial charge in [-0.05, 0) is 18.3 Å². The Labute approximate surface area is 90.9 Å². The van der Waals surface area contributed by atoms with Gasteiger partial charge in [0.15, 0.2) is 8.46 Å². The molecule has 0 aliphatic rings. The second-order valence-corrected chi connectivity index (χ2v) is 4.93. The van der Waals surface area contributed by atoms with Crippen LogP contribution in [0.5, 0.6) is 0 Å². The Morgan fingerprint density at radius 1 is 0.929 bits per heavy atom. The average molecular weight is 216 g/mol. The van der Waals surface area contributed by atoms with Gasteiger partial charge in [-0.3, -0.25) is 4.57 Å². The van der Waals surface area contributed by atoms with E-state index in [4.69, 9.17) is 0 Å². The maximum atomic E-state index is 10.2. The fourth-order valence-corrected chi connectivity index (χ4v) is 2.49. The number of unbranched alkanes of at least 4 members (excludes halogenated alkanes) is 2. The van der Waals surface area contributed by atoms with Crippen LogP contribution >= 0.6 is 8.46 Å². The lowest BCUT2D eigenvalue weighted by Gasteiger charge is -2.30. The van der Waals surface area contributed by atoms with Gasteiger partial charge in [-0.25, -0.2) is 0 Å². The van der Waals surface area contributed by atoms with Crippen molar-refractivity contribution in [2.75, 3.05) is 6.16 Å². The summed E-state index contributed by atoms with van der Waals surface area (Å²) < 4.78 is 10.2. The Morgan fingerprint density at radius 3 is 1.93 bits per heavy atom. The van der Waals surface area contributed by atoms with E-state index in [2.05, 4.69) is 20.8 Å². The zero-order chi connectivity index (χ0) is 10.9. The molecule has 0 aromatic carbocycles. The first-order valence-electron chi connectivity index (χ1n) is 6.03. The van der Waals surface area contributed by atoms with E-state index in [0.29, 0.717) is 13.9 Å². The molecule has 0 bridgehead atoms. The summed E-state index contributed by atoms with van der Waals surface area (Å²) in [5.41, 5.74) is 0.592. The molecule has 0 N–H and O–H groups in total. The van der Waals surface area contributed by atoms with Gasteiger partial charge in [-0.15, -0.1) is 0 Å². The van der Waals surface area contributed by atoms with E-state index < -0.39 is 0 Å². The number of hydrogen-bond acceptors (Lipinski definition) is 1. The molecule has 0 saturated heterocycles. The average Bonchev–Trinajstić information content (AvgIpc) is 2.24. The van der Waals surface area contributed by atoms with Crippen LogP contribution in [0.1, 0.15) is 65.7 Å². The summed E-state index contributed by atoms with van der Waals surface area (Å²) in [4.78, 5) is 0. The van der Waals surface area contributed by atoms with Crippen molar-refractivity contribution in [2.45, 2.75) is 65.7 Å². The fourth-order valence-electron chi connectivity index (χ4n) is 2.13. The molecule has 0 spiro atoms. The quantitative estimate of drug-likeness (QED) is 0.389. The van der Waals surface area contributed by atoms with Gasteiger partial charge in [-0.1, -0.05) is 52.9 Å². The lowest BCUT2D eigenvalue weighted by Crippen LogP contribution is -2.17. The van der Waals surface area contributed by atoms with Gasteiger partial charge in [0, 0.05) is 6.16 Å². The van der Waals surface area contributed by atoms with Crippen molar-refractivity contribution >= 4 is 8.46 Å². The Kier molecular flexibility index (Phi) is 8.47. The molecule has 0 heterocycles. The summed E-state index contributed by atoms with van der Waals surface area (Å²) >= 11 is 0. The van der Waals surface area contributed by atoms with Crippen LogP contribution in [0.15, 0.2) is 0 Å². The van der Waals surface area contributed by atoms with Gasteiger partial charge in [0.2, 0.25) is 0 Å². The van der Waals surface area contributed by atoms with Crippen LogP contribution in [-0.2, 0) is 4.57 Å². The molecule has 0 aromatic rings. The highest BCUT2D eigenvalue weighted by Gasteiger charge is 2.22. The third kappa shape index (κ3) is 5.10. The van der Waals surface area contributed by atoms with Gasteiger partial charge < -0.3 is 0 Å². The summed E-state index contributed by atoms with van der Waals surface area (Å²) in [5, 5.41) is 0. The molecule has 0 unspecified atom stereocenters. The second-order valence-electron chi connectivity index (χ2n) is 4.22. The zero-order valence-electron chi connectivity index (χ0n) is 10.0. The van der Waals surface area contributed by atoms with Crippen LogP contribution in [0, 0.1) is 5.41 Å². The van der Waals surface area contributed by atoms with E-state index in [1.807, 2.05) is 0 Å². The molecule has 0 radical (unpaired) electrons. The summed E-state index contributed by atoms with van der Waals surface area (Å²) in [7, 11) is 0.317. The molecular formula is C12H25OP. The highest BCUT2D eigenvalue weighted by molar-refractivity contribution is 7.23. The molecule has 0 amide bonds. The molecule has 1 nitrogen and oxygen atoms in total. The van der Waals surface area contributed by atoms with Crippen LogP contribution in [0.3, 0.4) is 0 Å². The first kappa shape index (κ1) is 14.1. The van der Waals surface area contributed by atoms with Gasteiger partial charge in [0.05, 0.1) is 0 Å². The van der Waals surface area contributed by atoms with Crippen LogP contribution in [0.25, 0.3) is 0 Å². The molecule has 0 fully saturated rings. The van der Waals surface area contributed by atoms with E-state index in [0.717, 1.165) is 12.6 Å². The Hall–Kier alpha value is 0.100. The minimum Gasteiger partial charge on any atom is -0.275 e. The smallest absolute Gasteiger partial charge is 0.155 e. The van der Waals surface area contributed by atoms with Crippen molar-refractivity contribution in [3.05, 3.63) is 0 Å². The first-order valence-corrected chi connectivity index (χ1v) is 7.03. The van der Waals surface area contributed by atoms with Crippen molar-refractivity contribution in [3.63, 3.8) is 0 Å². The van der Waals surface area contributed by atoms with Crippen LogP contribution in [0.2, 0.25) is 0 Å². The number of hydrogen-bond donors (Lipinski definition) is 0. The van der Waals surface area contributed by atoms with Crippen LogP contribution in [-0.4, -0.2) is 6.16 Å². The van der Waals surface area contributed by atoms with Gasteiger partial charge >= 0.3 is 0 Å². The molecule has 0 aliphatic heterocycles. The standard InChI is InChI=1S/C12H25OP/c1-4-12(5-2,6-3)10-8-7-9-11-14-13/h4-11H2,1-3H3. The van der Waals surface area contributed by atoms with Gasteiger partial charge in [0.1, 0.15) is 0 Å². The van der Waals surface area contributed by atoms with Crippen molar-refractivity contribution < 1.29 is 4.57 Å². The van der Waals surface area contributed by atoms with E-state index in [9.17, 15) is 4.57 Å². The summed E-state index contributed by atoms with van der Waals surface area (Å²) in [6.07, 6.45) is 9.79. The van der Waals surface area contributed by atoms with Gasteiger partial charge in [0.25, 0.3) is 0 Å². The molecule has 0 atom stereocenters. The summed E-state index contributed by atoms with van der Waals surface area (Å²) in [6, 6.07) is 0. The summed E-state index contributed by atoms with van der Waals surface area (Å²) in [6.45, 7) is 6.93. The third-order valence-corrected chi connectivity index (χ3v) is 4.21. The van der Waals surface area contributed by atoms with Crippen molar-refractivity contribution in [3.8, 4) is 0 Å². The Morgan fingerprint density at radius 2 is 1.50 bits per heavy atom. The molecule has 0 saturated carbocycles. The summed E-state index contributed by atoms with van der Waals surface area (Å²) in [5.74, 6) is 0. The number of rotatable bonds is 9. The molecule has 0 aromatic heterocycles. The predicted octanol–water partition coefficient (Wildman–Crippen LogP) is 5.05. The monoisotopic (exact) mass is 216 g/mol. The first-order chi connectivity index (χ1) is 6.74. The predicted molar refractivity (Wildman–Crippen MR) is 64.2 cm³/mol. The molecule has 2 heteroatoms. The SMILES string of the molecule is CCC(CC)(CC)CCCCCP=O. The zero-order valence-corrected chi connectivity index (χ0v) is 10.9. The lowest BCUT2D eigenvalue weighted by molar-refractivity contribution is 0.221. The van der Waals surface area contributed by atoms with Crippen LogP contribution in [0.4, 0.5) is 0 Å². The molecule has 0 rings (SSSR count). The topological polar surface area (TPSA) is 17.1 Å². The van der Waals surface area contributed by atoms with Crippen LogP contribution < -0.4 is 0 Å². The molecule has 14 heavy (non-hydrogen) atoms. The van der Waals surface area contributed by atoms with Crippen molar-refractivity contribution in [2.24, 2.45) is 5.41 Å². The minimum atomic E-state index is 0.317. The molecule has 84 valence electrons. The highest BCUT2D eigenvalue weighted by Crippen LogP contribution is 2.36. The fraction of sp³-hybridized carbons (Fsp3) is 1.00. The van der Waals surface area contributed by atoms with E-state index >= 15 is 0 Å². The lowest BCUT2D eigenvalue weighted by atomic mass is 9.76. The van der Waals surface area contributed by atoms with Crippen molar-refractivity contribution in [1.29, 1.82) is 0 Å². The second kappa shape index (κ2) is 8.41. The van der Waals surface area contributed by atoms with Gasteiger partial charge in [-0.2, -0.15) is 0 Å². The normalized spacial score (nSPS) is 12.2. The Bertz CT molecular complexity index is 133. The molecular weight excluding hydrogens is 191 g/mol.